The van der Waals surface area contributed by atoms with E-state index in [1.165, 1.54) is 7.11 Å². The molecule has 0 saturated carbocycles. The first-order chi connectivity index (χ1) is 11.6. The molecule has 0 amide bonds. The summed E-state index contributed by atoms with van der Waals surface area (Å²) in [5.41, 5.74) is -0.315. The number of fused-ring (bicyclic) bond motifs is 1. The molecule has 24 heavy (non-hydrogen) atoms. The molecular formula is C15H21BN4O4. The Balaban J connectivity index is 1.78. The van der Waals surface area contributed by atoms with Crippen LogP contribution in [-0.4, -0.2) is 52.5 Å². The van der Waals surface area contributed by atoms with Gasteiger partial charge in [0.15, 0.2) is 0 Å². The molecule has 0 unspecified atom stereocenters. The second-order valence-electron chi connectivity index (χ2n) is 6.14. The summed E-state index contributed by atoms with van der Waals surface area (Å²) in [5, 5.41) is 25.3. The monoisotopic (exact) mass is 332 g/mol. The Morgan fingerprint density at radius 3 is 2.83 bits per heavy atom. The fourth-order valence-electron chi connectivity index (χ4n) is 3.22. The first kappa shape index (κ1) is 16.7. The van der Waals surface area contributed by atoms with E-state index in [-0.39, 0.29) is 5.56 Å². The van der Waals surface area contributed by atoms with Crippen LogP contribution in [-0.2, 0) is 0 Å². The van der Waals surface area contributed by atoms with Gasteiger partial charge in [0.1, 0.15) is 11.2 Å². The number of pyridine rings is 1. The van der Waals surface area contributed by atoms with Crippen molar-refractivity contribution in [2.24, 2.45) is 5.92 Å². The van der Waals surface area contributed by atoms with Gasteiger partial charge in [-0.25, -0.2) is 5.10 Å². The smallest absolute Gasteiger partial charge is 0.451 e. The third kappa shape index (κ3) is 3.52. The average Bonchev–Trinajstić information content (AvgIpc) is 2.59. The van der Waals surface area contributed by atoms with Gasteiger partial charge in [0, 0.05) is 18.5 Å². The number of hydrogen-bond donors (Lipinski definition) is 3. The van der Waals surface area contributed by atoms with Gasteiger partial charge in [-0.15, -0.1) is 0 Å². The highest BCUT2D eigenvalue weighted by molar-refractivity contribution is 6.40. The minimum Gasteiger partial charge on any atom is -0.480 e. The molecule has 1 saturated heterocycles. The van der Waals surface area contributed by atoms with Gasteiger partial charge < -0.3 is 19.7 Å². The number of nitrogens with one attached hydrogen (secondary N) is 1. The van der Waals surface area contributed by atoms with E-state index in [0.29, 0.717) is 28.9 Å². The predicted molar refractivity (Wildman–Crippen MR) is 91.3 cm³/mol. The molecular weight excluding hydrogens is 311 g/mol. The first-order valence-corrected chi connectivity index (χ1v) is 8.12. The summed E-state index contributed by atoms with van der Waals surface area (Å²) in [6.07, 6.45) is 4.78. The number of hydrogen-bond acceptors (Lipinski definition) is 7. The lowest BCUT2D eigenvalue weighted by molar-refractivity contribution is 0.360. The van der Waals surface area contributed by atoms with Crippen LogP contribution in [0, 0.1) is 5.92 Å². The van der Waals surface area contributed by atoms with Crippen molar-refractivity contribution in [1.82, 2.24) is 15.2 Å². The Morgan fingerprint density at radius 2 is 2.17 bits per heavy atom. The van der Waals surface area contributed by atoms with Gasteiger partial charge in [-0.3, -0.25) is 4.79 Å². The van der Waals surface area contributed by atoms with E-state index < -0.39 is 7.12 Å². The summed E-state index contributed by atoms with van der Waals surface area (Å²) < 4.78 is 5.28. The maximum absolute atomic E-state index is 11.9. The maximum atomic E-state index is 11.9. The Labute approximate surface area is 139 Å². The molecule has 3 N–H and O–H groups in total. The number of nitrogens with zero attached hydrogens (tertiary/aromatic N) is 3. The van der Waals surface area contributed by atoms with E-state index in [9.17, 15) is 4.79 Å². The van der Waals surface area contributed by atoms with Crippen LogP contribution in [0.2, 0.25) is 6.32 Å². The predicted octanol–water partition coefficient (Wildman–Crippen LogP) is 0.406. The quantitative estimate of drug-likeness (QED) is 0.680. The molecule has 0 aliphatic carbocycles. The van der Waals surface area contributed by atoms with Crippen molar-refractivity contribution < 1.29 is 14.8 Å². The zero-order valence-electron chi connectivity index (χ0n) is 13.6. The Bertz CT molecular complexity index is 759. The largest absolute Gasteiger partial charge is 0.480 e. The molecule has 0 spiro atoms. The zero-order valence-corrected chi connectivity index (χ0v) is 13.6. The van der Waals surface area contributed by atoms with Crippen LogP contribution in [0.1, 0.15) is 19.3 Å². The average molecular weight is 332 g/mol. The molecule has 0 atom stereocenters. The number of piperidine rings is 1. The number of anilines is 1. The van der Waals surface area contributed by atoms with Crippen molar-refractivity contribution in [3.8, 4) is 5.88 Å². The fourth-order valence-corrected chi connectivity index (χ4v) is 3.22. The van der Waals surface area contributed by atoms with E-state index in [1.807, 2.05) is 6.07 Å². The first-order valence-electron chi connectivity index (χ1n) is 8.12. The van der Waals surface area contributed by atoms with Gasteiger partial charge in [0.05, 0.1) is 13.3 Å². The molecule has 0 radical (unpaired) electrons. The highest BCUT2D eigenvalue weighted by Crippen LogP contribution is 2.29. The molecule has 1 aliphatic rings. The van der Waals surface area contributed by atoms with Gasteiger partial charge in [-0.1, -0.05) is 6.42 Å². The van der Waals surface area contributed by atoms with Crippen molar-refractivity contribution in [2.45, 2.75) is 25.6 Å². The molecule has 2 aromatic rings. The van der Waals surface area contributed by atoms with Gasteiger partial charge >= 0.3 is 7.12 Å². The summed E-state index contributed by atoms with van der Waals surface area (Å²) >= 11 is 0. The van der Waals surface area contributed by atoms with Crippen molar-refractivity contribution >= 4 is 23.7 Å². The van der Waals surface area contributed by atoms with E-state index in [0.717, 1.165) is 38.2 Å². The molecule has 8 nitrogen and oxygen atoms in total. The summed E-state index contributed by atoms with van der Waals surface area (Å²) in [6.45, 7) is 1.68. The molecule has 0 bridgehead atoms. The standard InChI is InChI=1S/C15H21BN4O4/c1-24-15-13-11(9-17-19-14(13)21)8-12(18-15)20-6-3-10(4-7-20)2-5-16(22)23/h8-10,22-23H,2-7H2,1H3,(H,19,21). The van der Waals surface area contributed by atoms with E-state index >= 15 is 0 Å². The SMILES string of the molecule is COc1nc(N2CCC(CCB(O)O)CC2)cc2cn[nH]c(=O)c12. The Hall–Kier alpha value is -2.13. The van der Waals surface area contributed by atoms with Gasteiger partial charge in [-0.2, -0.15) is 10.1 Å². The van der Waals surface area contributed by atoms with E-state index in [2.05, 4.69) is 20.1 Å². The zero-order chi connectivity index (χ0) is 17.1. The van der Waals surface area contributed by atoms with Crippen LogP contribution < -0.4 is 15.2 Å². The molecule has 0 aromatic carbocycles. The number of methoxy groups -OCH3 is 1. The van der Waals surface area contributed by atoms with Crippen LogP contribution in [0.25, 0.3) is 10.8 Å². The van der Waals surface area contributed by atoms with Crippen LogP contribution in [0.4, 0.5) is 5.82 Å². The Morgan fingerprint density at radius 1 is 1.42 bits per heavy atom. The number of ether oxygens (including phenoxy) is 1. The highest BCUT2D eigenvalue weighted by Gasteiger charge is 2.23. The third-order valence-electron chi connectivity index (χ3n) is 4.57. The van der Waals surface area contributed by atoms with Crippen LogP contribution >= 0.6 is 0 Å². The third-order valence-corrected chi connectivity index (χ3v) is 4.57. The van der Waals surface area contributed by atoms with E-state index in [4.69, 9.17) is 14.8 Å². The lowest BCUT2D eigenvalue weighted by Crippen LogP contribution is -2.34. The molecule has 3 rings (SSSR count). The van der Waals surface area contributed by atoms with Crippen molar-refractivity contribution in [3.05, 3.63) is 22.6 Å². The van der Waals surface area contributed by atoms with Crippen LogP contribution in [0.15, 0.2) is 17.1 Å². The normalized spacial score (nSPS) is 15.7. The van der Waals surface area contributed by atoms with Crippen molar-refractivity contribution in [1.29, 1.82) is 0 Å². The van der Waals surface area contributed by atoms with Crippen molar-refractivity contribution in [2.75, 3.05) is 25.1 Å². The summed E-state index contributed by atoms with van der Waals surface area (Å²) in [7, 11) is 0.276. The highest BCUT2D eigenvalue weighted by atomic mass is 16.5. The van der Waals surface area contributed by atoms with Gasteiger partial charge in [-0.05, 0) is 31.1 Å². The summed E-state index contributed by atoms with van der Waals surface area (Å²) in [4.78, 5) is 18.6. The second-order valence-corrected chi connectivity index (χ2v) is 6.14. The summed E-state index contributed by atoms with van der Waals surface area (Å²) in [5.74, 6) is 1.57. The Kier molecular flexibility index (Phi) is 5.01. The molecule has 9 heteroatoms. The van der Waals surface area contributed by atoms with Crippen LogP contribution in [0.3, 0.4) is 0 Å². The molecule has 128 valence electrons. The van der Waals surface area contributed by atoms with E-state index in [1.54, 1.807) is 6.20 Å². The topological polar surface area (TPSA) is 112 Å². The lowest BCUT2D eigenvalue weighted by Gasteiger charge is -2.33. The number of rotatable bonds is 5. The lowest BCUT2D eigenvalue weighted by atomic mass is 9.78. The molecule has 1 fully saturated rings. The molecule has 1 aliphatic heterocycles. The summed E-state index contributed by atoms with van der Waals surface area (Å²) in [6, 6.07) is 1.86. The molecule has 3 heterocycles. The second kappa shape index (κ2) is 7.19. The minimum absolute atomic E-state index is 0.302. The van der Waals surface area contributed by atoms with Gasteiger partial charge in [0.25, 0.3) is 5.56 Å². The number of aromatic amines is 1. The number of H-pyrrole nitrogens is 1. The van der Waals surface area contributed by atoms with Crippen molar-refractivity contribution in [3.63, 3.8) is 0 Å². The fraction of sp³-hybridized carbons (Fsp3) is 0.533. The number of aromatic nitrogens is 3. The van der Waals surface area contributed by atoms with Gasteiger partial charge in [0.2, 0.25) is 5.88 Å². The maximum Gasteiger partial charge on any atom is 0.451 e. The van der Waals surface area contributed by atoms with Crippen LogP contribution in [0.5, 0.6) is 5.88 Å². The minimum atomic E-state index is -1.22. The molecule has 2 aromatic heterocycles.